The van der Waals surface area contributed by atoms with Gasteiger partial charge >= 0.3 is 0 Å². The molecule has 1 saturated heterocycles. The van der Waals surface area contributed by atoms with Crippen LogP contribution in [-0.4, -0.2) is 37.0 Å². The highest BCUT2D eigenvalue weighted by Crippen LogP contribution is 2.25. The Morgan fingerprint density at radius 1 is 1.21 bits per heavy atom. The van der Waals surface area contributed by atoms with Crippen LogP contribution in [0.2, 0.25) is 0 Å². The molecule has 0 aliphatic carbocycles. The molecule has 4 heteroatoms. The van der Waals surface area contributed by atoms with Gasteiger partial charge in [0.15, 0.2) is 5.76 Å². The number of carbonyl (C=O) groups excluding carboxylic acids is 1. The number of carbonyl (C=O) groups is 1. The monoisotopic (exact) mass is 258 g/mol. The number of piperazine rings is 1. The number of aryl methyl sites for hydroxylation is 2. The van der Waals surface area contributed by atoms with Crippen molar-refractivity contribution < 1.29 is 9.21 Å². The predicted octanol–water partition coefficient (Wildman–Crippen LogP) is 2.10. The minimum atomic E-state index is -0.00486. The number of nitrogens with one attached hydrogen (secondary N) is 1. The molecule has 1 fully saturated rings. The van der Waals surface area contributed by atoms with Gasteiger partial charge in [-0.1, -0.05) is 6.07 Å². The maximum absolute atomic E-state index is 12.4. The number of furan rings is 1. The summed E-state index contributed by atoms with van der Waals surface area (Å²) in [5.41, 5.74) is 3.11. The molecule has 1 aliphatic rings. The van der Waals surface area contributed by atoms with Gasteiger partial charge in [0.2, 0.25) is 0 Å². The smallest absolute Gasteiger partial charge is 0.289 e. The summed E-state index contributed by atoms with van der Waals surface area (Å²) >= 11 is 0. The first-order chi connectivity index (χ1) is 9.15. The largest absolute Gasteiger partial charge is 0.451 e. The van der Waals surface area contributed by atoms with Crippen molar-refractivity contribution >= 4 is 16.9 Å². The zero-order chi connectivity index (χ0) is 13.4. The summed E-state index contributed by atoms with van der Waals surface area (Å²) in [7, 11) is 0. The van der Waals surface area contributed by atoms with E-state index in [1.54, 1.807) is 0 Å². The van der Waals surface area contributed by atoms with Crippen LogP contribution in [0.15, 0.2) is 22.6 Å². The zero-order valence-corrected chi connectivity index (χ0v) is 11.3. The minimum Gasteiger partial charge on any atom is -0.451 e. The Labute approximate surface area is 112 Å². The summed E-state index contributed by atoms with van der Waals surface area (Å²) in [4.78, 5) is 14.2. The molecule has 19 heavy (non-hydrogen) atoms. The Balaban J connectivity index is 1.96. The highest BCUT2D eigenvalue weighted by Gasteiger charge is 2.21. The standard InChI is InChI=1S/C15H18N2O2/c1-10-7-11(2)12-9-14(19-13(12)8-10)15(18)17-5-3-16-4-6-17/h7-9,16H,3-6H2,1-2H3. The molecule has 0 bridgehead atoms. The molecule has 1 amide bonds. The predicted molar refractivity (Wildman–Crippen MR) is 74.5 cm³/mol. The molecule has 4 nitrogen and oxygen atoms in total. The molecule has 1 aromatic carbocycles. The lowest BCUT2D eigenvalue weighted by molar-refractivity contribution is 0.0706. The summed E-state index contributed by atoms with van der Waals surface area (Å²) in [5, 5.41) is 4.27. The highest BCUT2D eigenvalue weighted by atomic mass is 16.3. The van der Waals surface area contributed by atoms with Crippen molar-refractivity contribution in [2.24, 2.45) is 0 Å². The lowest BCUT2D eigenvalue weighted by Crippen LogP contribution is -2.46. The second kappa shape index (κ2) is 4.70. The Bertz CT molecular complexity index is 624. The first-order valence-electron chi connectivity index (χ1n) is 6.66. The topological polar surface area (TPSA) is 45.5 Å². The maximum Gasteiger partial charge on any atom is 0.289 e. The van der Waals surface area contributed by atoms with Crippen LogP contribution in [0.4, 0.5) is 0 Å². The van der Waals surface area contributed by atoms with E-state index in [2.05, 4.69) is 11.4 Å². The van der Waals surface area contributed by atoms with Gasteiger partial charge in [0.1, 0.15) is 5.58 Å². The van der Waals surface area contributed by atoms with Crippen LogP contribution in [-0.2, 0) is 0 Å². The molecule has 1 aromatic heterocycles. The summed E-state index contributed by atoms with van der Waals surface area (Å²) < 4.78 is 5.73. The minimum absolute atomic E-state index is 0.00486. The number of hydrogen-bond acceptors (Lipinski definition) is 3. The van der Waals surface area contributed by atoms with Crippen molar-refractivity contribution in [2.75, 3.05) is 26.2 Å². The third-order valence-electron chi connectivity index (χ3n) is 3.60. The third kappa shape index (κ3) is 2.24. The van der Waals surface area contributed by atoms with E-state index in [9.17, 15) is 4.79 Å². The molecule has 0 atom stereocenters. The molecule has 100 valence electrons. The average molecular weight is 258 g/mol. The molecule has 2 heterocycles. The van der Waals surface area contributed by atoms with Crippen LogP contribution in [0.25, 0.3) is 11.0 Å². The van der Waals surface area contributed by atoms with E-state index in [1.165, 1.54) is 0 Å². The summed E-state index contributed by atoms with van der Waals surface area (Å²) in [6, 6.07) is 5.96. The number of fused-ring (bicyclic) bond motifs is 1. The lowest BCUT2D eigenvalue weighted by Gasteiger charge is -2.26. The van der Waals surface area contributed by atoms with Crippen molar-refractivity contribution in [2.45, 2.75) is 13.8 Å². The van der Waals surface area contributed by atoms with Crippen LogP contribution >= 0.6 is 0 Å². The van der Waals surface area contributed by atoms with Gasteiger partial charge in [-0.2, -0.15) is 0 Å². The van der Waals surface area contributed by atoms with E-state index in [1.807, 2.05) is 30.9 Å². The van der Waals surface area contributed by atoms with Gasteiger partial charge in [-0.05, 0) is 37.1 Å². The fourth-order valence-electron chi connectivity index (χ4n) is 2.62. The van der Waals surface area contributed by atoms with Crippen LogP contribution in [0.1, 0.15) is 21.7 Å². The Morgan fingerprint density at radius 3 is 2.68 bits per heavy atom. The SMILES string of the molecule is Cc1cc(C)c2cc(C(=O)N3CCNCC3)oc2c1. The van der Waals surface area contributed by atoms with Crippen molar-refractivity contribution in [1.82, 2.24) is 10.2 Å². The van der Waals surface area contributed by atoms with E-state index < -0.39 is 0 Å². The summed E-state index contributed by atoms with van der Waals surface area (Å²) in [6.07, 6.45) is 0. The molecule has 2 aromatic rings. The van der Waals surface area contributed by atoms with E-state index in [0.717, 1.165) is 48.3 Å². The quantitative estimate of drug-likeness (QED) is 0.852. The van der Waals surface area contributed by atoms with Crippen molar-refractivity contribution in [3.63, 3.8) is 0 Å². The first kappa shape index (κ1) is 12.2. The average Bonchev–Trinajstić information content (AvgIpc) is 2.83. The van der Waals surface area contributed by atoms with Gasteiger partial charge < -0.3 is 14.6 Å². The fraction of sp³-hybridized carbons (Fsp3) is 0.400. The molecule has 1 N–H and O–H groups in total. The highest BCUT2D eigenvalue weighted by molar-refractivity contribution is 5.97. The van der Waals surface area contributed by atoms with Gasteiger partial charge in [-0.3, -0.25) is 4.79 Å². The molecule has 1 aliphatic heterocycles. The van der Waals surface area contributed by atoms with Crippen molar-refractivity contribution in [1.29, 1.82) is 0 Å². The van der Waals surface area contributed by atoms with E-state index in [0.29, 0.717) is 5.76 Å². The molecular formula is C15H18N2O2. The molecule has 3 rings (SSSR count). The second-order valence-electron chi connectivity index (χ2n) is 5.15. The molecule has 0 spiro atoms. The number of rotatable bonds is 1. The van der Waals surface area contributed by atoms with E-state index in [-0.39, 0.29) is 5.91 Å². The second-order valence-corrected chi connectivity index (χ2v) is 5.15. The third-order valence-corrected chi connectivity index (χ3v) is 3.60. The summed E-state index contributed by atoms with van der Waals surface area (Å²) in [5.74, 6) is 0.445. The first-order valence-corrected chi connectivity index (χ1v) is 6.66. The Morgan fingerprint density at radius 2 is 1.95 bits per heavy atom. The summed E-state index contributed by atoms with van der Waals surface area (Å²) in [6.45, 7) is 7.27. The number of nitrogens with zero attached hydrogens (tertiary/aromatic N) is 1. The Kier molecular flexibility index (Phi) is 3.03. The van der Waals surface area contributed by atoms with Gasteiger partial charge in [-0.25, -0.2) is 0 Å². The number of amides is 1. The maximum atomic E-state index is 12.4. The fourth-order valence-corrected chi connectivity index (χ4v) is 2.62. The van der Waals surface area contributed by atoms with E-state index >= 15 is 0 Å². The Hall–Kier alpha value is -1.81. The van der Waals surface area contributed by atoms with Crippen LogP contribution in [0.3, 0.4) is 0 Å². The number of benzene rings is 1. The van der Waals surface area contributed by atoms with Crippen molar-refractivity contribution in [3.05, 3.63) is 35.1 Å². The molecule has 0 saturated carbocycles. The van der Waals surface area contributed by atoms with Crippen molar-refractivity contribution in [3.8, 4) is 0 Å². The normalized spacial score (nSPS) is 16.0. The van der Waals surface area contributed by atoms with E-state index in [4.69, 9.17) is 4.42 Å². The number of hydrogen-bond donors (Lipinski definition) is 1. The van der Waals surface area contributed by atoms with Gasteiger partial charge in [0, 0.05) is 31.6 Å². The lowest BCUT2D eigenvalue weighted by atomic mass is 10.1. The van der Waals surface area contributed by atoms with Gasteiger partial charge in [0.25, 0.3) is 5.91 Å². The molecule has 0 unspecified atom stereocenters. The molecule has 0 radical (unpaired) electrons. The van der Waals surface area contributed by atoms with Crippen LogP contribution in [0.5, 0.6) is 0 Å². The van der Waals surface area contributed by atoms with Gasteiger partial charge in [0.05, 0.1) is 0 Å². The van der Waals surface area contributed by atoms with Gasteiger partial charge in [-0.15, -0.1) is 0 Å². The van der Waals surface area contributed by atoms with Crippen LogP contribution < -0.4 is 5.32 Å². The zero-order valence-electron chi connectivity index (χ0n) is 11.3. The van der Waals surface area contributed by atoms with Crippen LogP contribution in [0, 0.1) is 13.8 Å². The molecular weight excluding hydrogens is 240 g/mol.